The Kier molecular flexibility index (Phi) is 3.81. The van der Waals surface area contributed by atoms with Gasteiger partial charge in [0.1, 0.15) is 11.9 Å². The van der Waals surface area contributed by atoms with Crippen molar-refractivity contribution in [2.24, 2.45) is 5.92 Å². The maximum Gasteiger partial charge on any atom is 0.371 e. The quantitative estimate of drug-likeness (QED) is 0.837. The molecular formula is C17H20O5. The third kappa shape index (κ3) is 2.34. The molecule has 1 aliphatic heterocycles. The minimum absolute atomic E-state index is 0.0371. The second-order valence-electron chi connectivity index (χ2n) is 6.14. The summed E-state index contributed by atoms with van der Waals surface area (Å²) in [4.78, 5) is 23.3. The van der Waals surface area contributed by atoms with Crippen LogP contribution in [0, 0.1) is 5.92 Å². The fourth-order valence-corrected chi connectivity index (χ4v) is 3.84. The van der Waals surface area contributed by atoms with Crippen LogP contribution < -0.4 is 0 Å². The zero-order valence-corrected chi connectivity index (χ0v) is 12.6. The van der Waals surface area contributed by atoms with Gasteiger partial charge < -0.3 is 14.9 Å². The van der Waals surface area contributed by atoms with E-state index >= 15 is 0 Å². The van der Waals surface area contributed by atoms with Gasteiger partial charge in [-0.15, -0.1) is 0 Å². The number of ether oxygens (including phenoxy) is 1. The standard InChI is InChI=1S/C17H20O5/c1-2-4-9-5-3-6-10-7-12-15(16(19)14(9)10)11(18)8-13(22-12)17(20)21/h8,10,12,19H,2-7H2,1H3,(H,20,21). The minimum Gasteiger partial charge on any atom is -0.507 e. The molecule has 0 aromatic heterocycles. The second-order valence-corrected chi connectivity index (χ2v) is 6.14. The summed E-state index contributed by atoms with van der Waals surface area (Å²) < 4.78 is 5.44. The number of aliphatic hydroxyl groups is 1. The van der Waals surface area contributed by atoms with Gasteiger partial charge in [-0.3, -0.25) is 4.79 Å². The zero-order chi connectivity index (χ0) is 15.9. The molecule has 0 aromatic carbocycles. The summed E-state index contributed by atoms with van der Waals surface area (Å²) in [5.41, 5.74) is 2.39. The fourth-order valence-electron chi connectivity index (χ4n) is 3.84. The lowest BCUT2D eigenvalue weighted by Gasteiger charge is -2.38. The summed E-state index contributed by atoms with van der Waals surface area (Å²) in [6.07, 6.45) is 5.80. The molecule has 5 nitrogen and oxygen atoms in total. The molecule has 0 amide bonds. The Labute approximate surface area is 129 Å². The molecule has 2 atom stereocenters. The van der Waals surface area contributed by atoms with Crippen molar-refractivity contribution in [2.75, 3.05) is 0 Å². The van der Waals surface area contributed by atoms with Crippen molar-refractivity contribution in [1.29, 1.82) is 0 Å². The van der Waals surface area contributed by atoms with Crippen LogP contribution >= 0.6 is 0 Å². The maximum atomic E-state index is 12.2. The lowest BCUT2D eigenvalue weighted by molar-refractivity contribution is -0.139. The van der Waals surface area contributed by atoms with E-state index in [1.54, 1.807) is 0 Å². The predicted octanol–water partition coefficient (Wildman–Crippen LogP) is 3.04. The summed E-state index contributed by atoms with van der Waals surface area (Å²) in [5.74, 6) is -1.83. The number of allylic oxidation sites excluding steroid dienone is 3. The summed E-state index contributed by atoms with van der Waals surface area (Å²) in [7, 11) is 0. The molecule has 2 N–H and O–H groups in total. The molecule has 2 unspecified atom stereocenters. The van der Waals surface area contributed by atoms with Gasteiger partial charge in [0.15, 0.2) is 5.78 Å². The molecule has 118 valence electrons. The van der Waals surface area contributed by atoms with E-state index in [9.17, 15) is 14.7 Å². The fraction of sp³-hybridized carbons (Fsp3) is 0.529. The minimum atomic E-state index is -1.25. The number of carbonyl (C=O) groups is 2. The van der Waals surface area contributed by atoms with Crippen LogP contribution in [0.1, 0.15) is 45.4 Å². The number of hydrogen-bond donors (Lipinski definition) is 2. The van der Waals surface area contributed by atoms with Crippen LogP contribution in [0.25, 0.3) is 0 Å². The molecule has 1 heterocycles. The van der Waals surface area contributed by atoms with E-state index in [2.05, 4.69) is 6.92 Å². The molecule has 0 spiro atoms. The van der Waals surface area contributed by atoms with Crippen LogP contribution in [0.5, 0.6) is 0 Å². The number of carboxylic acid groups (broad SMARTS) is 1. The molecule has 5 heteroatoms. The Bertz CT molecular complexity index is 623. The summed E-state index contributed by atoms with van der Waals surface area (Å²) in [6, 6.07) is 0. The van der Waals surface area contributed by atoms with E-state index in [0.717, 1.165) is 43.8 Å². The highest BCUT2D eigenvalue weighted by atomic mass is 16.5. The number of aliphatic hydroxyl groups excluding tert-OH is 1. The van der Waals surface area contributed by atoms with Crippen LogP contribution in [0.3, 0.4) is 0 Å². The molecule has 2 aliphatic carbocycles. The van der Waals surface area contributed by atoms with Crippen LogP contribution in [0.2, 0.25) is 0 Å². The van der Waals surface area contributed by atoms with Crippen molar-refractivity contribution >= 4 is 11.8 Å². The maximum absolute atomic E-state index is 12.2. The van der Waals surface area contributed by atoms with E-state index in [1.165, 1.54) is 5.57 Å². The largest absolute Gasteiger partial charge is 0.507 e. The molecule has 0 saturated heterocycles. The molecule has 0 bridgehead atoms. The lowest BCUT2D eigenvalue weighted by atomic mass is 9.71. The van der Waals surface area contributed by atoms with Crippen LogP contribution in [-0.4, -0.2) is 28.1 Å². The van der Waals surface area contributed by atoms with Crippen LogP contribution in [0.15, 0.2) is 34.3 Å². The van der Waals surface area contributed by atoms with Gasteiger partial charge in [0.05, 0.1) is 5.57 Å². The molecule has 0 radical (unpaired) electrons. The molecule has 0 aromatic rings. The first-order valence-corrected chi connectivity index (χ1v) is 7.84. The zero-order valence-electron chi connectivity index (χ0n) is 12.6. The van der Waals surface area contributed by atoms with Crippen molar-refractivity contribution in [3.8, 4) is 0 Å². The first-order chi connectivity index (χ1) is 10.5. The van der Waals surface area contributed by atoms with E-state index in [0.29, 0.717) is 6.42 Å². The summed E-state index contributed by atoms with van der Waals surface area (Å²) in [6.45, 7) is 2.10. The van der Waals surface area contributed by atoms with Gasteiger partial charge in [0, 0.05) is 6.08 Å². The van der Waals surface area contributed by atoms with E-state index in [4.69, 9.17) is 9.84 Å². The second kappa shape index (κ2) is 5.63. The number of ketones is 1. The Hall–Kier alpha value is -2.04. The molecule has 0 fully saturated rings. The first kappa shape index (κ1) is 14.9. The van der Waals surface area contributed by atoms with E-state index in [-0.39, 0.29) is 23.0 Å². The highest BCUT2D eigenvalue weighted by Crippen LogP contribution is 2.45. The highest BCUT2D eigenvalue weighted by molar-refractivity contribution is 6.10. The van der Waals surface area contributed by atoms with Gasteiger partial charge in [-0.25, -0.2) is 4.79 Å². The average molecular weight is 304 g/mol. The summed E-state index contributed by atoms with van der Waals surface area (Å²) >= 11 is 0. The third-order valence-electron chi connectivity index (χ3n) is 4.71. The monoisotopic (exact) mass is 304 g/mol. The normalized spacial score (nSPS) is 27.9. The smallest absolute Gasteiger partial charge is 0.371 e. The SMILES string of the molecule is CCCC1=C2C(O)=C3C(=O)C=C(C(=O)O)OC3CC2CCC1. The molecule has 3 rings (SSSR count). The molecule has 3 aliphatic rings. The Morgan fingerprint density at radius 3 is 2.86 bits per heavy atom. The number of fused-ring (bicyclic) bond motifs is 2. The van der Waals surface area contributed by atoms with Gasteiger partial charge in [0.2, 0.25) is 5.76 Å². The van der Waals surface area contributed by atoms with Crippen molar-refractivity contribution in [3.63, 3.8) is 0 Å². The topological polar surface area (TPSA) is 83.8 Å². The van der Waals surface area contributed by atoms with Crippen molar-refractivity contribution in [2.45, 2.75) is 51.6 Å². The van der Waals surface area contributed by atoms with Crippen molar-refractivity contribution in [3.05, 3.63) is 34.3 Å². The number of hydrogen-bond acceptors (Lipinski definition) is 4. The average Bonchev–Trinajstić information content (AvgIpc) is 2.46. The molecule has 22 heavy (non-hydrogen) atoms. The van der Waals surface area contributed by atoms with E-state index < -0.39 is 17.9 Å². The van der Waals surface area contributed by atoms with Crippen molar-refractivity contribution in [1.82, 2.24) is 0 Å². The molecule has 0 saturated carbocycles. The van der Waals surface area contributed by atoms with Gasteiger partial charge >= 0.3 is 5.97 Å². The summed E-state index contributed by atoms with van der Waals surface area (Å²) in [5, 5.41) is 19.7. The van der Waals surface area contributed by atoms with E-state index in [1.807, 2.05) is 0 Å². The number of carbonyl (C=O) groups excluding carboxylic acids is 1. The lowest BCUT2D eigenvalue weighted by Crippen LogP contribution is -2.36. The van der Waals surface area contributed by atoms with Gasteiger partial charge in [-0.1, -0.05) is 18.9 Å². The Morgan fingerprint density at radius 1 is 1.41 bits per heavy atom. The first-order valence-electron chi connectivity index (χ1n) is 7.84. The van der Waals surface area contributed by atoms with Crippen molar-refractivity contribution < 1.29 is 24.5 Å². The van der Waals surface area contributed by atoms with Gasteiger partial charge in [-0.05, 0) is 43.6 Å². The Morgan fingerprint density at radius 2 is 2.18 bits per heavy atom. The van der Waals surface area contributed by atoms with Gasteiger partial charge in [-0.2, -0.15) is 0 Å². The van der Waals surface area contributed by atoms with Crippen LogP contribution in [0.4, 0.5) is 0 Å². The molecular weight excluding hydrogens is 284 g/mol. The van der Waals surface area contributed by atoms with Gasteiger partial charge in [0.25, 0.3) is 0 Å². The Balaban J connectivity index is 2.07. The number of rotatable bonds is 3. The highest BCUT2D eigenvalue weighted by Gasteiger charge is 2.42. The number of aliphatic carboxylic acids is 1. The predicted molar refractivity (Wildman–Crippen MR) is 79.1 cm³/mol. The number of carboxylic acids is 1. The third-order valence-corrected chi connectivity index (χ3v) is 4.71. The van der Waals surface area contributed by atoms with Crippen LogP contribution in [-0.2, 0) is 14.3 Å².